The van der Waals surface area contributed by atoms with Gasteiger partial charge in [0.15, 0.2) is 0 Å². The highest BCUT2D eigenvalue weighted by Crippen LogP contribution is 2.21. The van der Waals surface area contributed by atoms with Crippen molar-refractivity contribution in [2.75, 3.05) is 19.6 Å². The zero-order valence-corrected chi connectivity index (χ0v) is 17.8. The lowest BCUT2D eigenvalue weighted by atomic mass is 10.1. The van der Waals surface area contributed by atoms with Gasteiger partial charge in [-0.25, -0.2) is 0 Å². The van der Waals surface area contributed by atoms with Gasteiger partial charge in [-0.3, -0.25) is 9.78 Å². The normalized spacial score (nSPS) is 15.3. The predicted octanol–water partition coefficient (Wildman–Crippen LogP) is 4.12. The summed E-state index contributed by atoms with van der Waals surface area (Å²) in [5.41, 5.74) is 4.93. The second-order valence-corrected chi connectivity index (χ2v) is 8.14. The highest BCUT2D eigenvalue weighted by molar-refractivity contribution is 5.96. The van der Waals surface area contributed by atoms with Crippen LogP contribution in [0.4, 0.5) is 0 Å². The summed E-state index contributed by atoms with van der Waals surface area (Å²) in [4.78, 5) is 20.2. The lowest BCUT2D eigenvalue weighted by molar-refractivity contribution is 0.0926. The van der Waals surface area contributed by atoms with E-state index in [1.807, 2.05) is 56.3 Å². The molecule has 1 aliphatic rings. The highest BCUT2D eigenvalue weighted by Gasteiger charge is 2.23. The minimum atomic E-state index is -0.0179. The van der Waals surface area contributed by atoms with Gasteiger partial charge in [0.2, 0.25) is 0 Å². The number of nitrogens with zero attached hydrogens (tertiary/aromatic N) is 3. The Morgan fingerprint density at radius 1 is 1.07 bits per heavy atom. The number of nitrogens with one attached hydrogen (secondary N) is 1. The molecular weight excluding hydrogens is 372 g/mol. The van der Waals surface area contributed by atoms with E-state index < -0.39 is 0 Å². The zero-order chi connectivity index (χ0) is 20.9. The standard InChI is InChI=1S/C25H30N4O/c1-19-16-23(20(2)29(19)17-22-12-6-7-13-26-22)25(30)27-24(18-28-14-8-9-15-28)21-10-4-3-5-11-21/h3-7,10-13,16,24H,8-9,14-15,17-18H2,1-2H3,(H,27,30). The second kappa shape index (κ2) is 9.26. The van der Waals surface area contributed by atoms with Gasteiger partial charge in [-0.2, -0.15) is 0 Å². The Morgan fingerprint density at radius 3 is 2.50 bits per heavy atom. The number of carbonyl (C=O) groups is 1. The number of carbonyl (C=O) groups excluding carboxylic acids is 1. The maximum absolute atomic E-state index is 13.3. The maximum atomic E-state index is 13.3. The molecule has 1 N–H and O–H groups in total. The molecule has 5 heteroatoms. The first-order valence-corrected chi connectivity index (χ1v) is 10.8. The van der Waals surface area contributed by atoms with Gasteiger partial charge in [0.25, 0.3) is 5.91 Å². The van der Waals surface area contributed by atoms with E-state index in [0.717, 1.165) is 47.8 Å². The van der Waals surface area contributed by atoms with Gasteiger partial charge < -0.3 is 14.8 Å². The van der Waals surface area contributed by atoms with Crippen molar-refractivity contribution in [1.82, 2.24) is 19.8 Å². The monoisotopic (exact) mass is 402 g/mol. The summed E-state index contributed by atoms with van der Waals surface area (Å²) in [6.45, 7) is 7.80. The summed E-state index contributed by atoms with van der Waals surface area (Å²) in [6.07, 6.45) is 4.29. The van der Waals surface area contributed by atoms with Crippen LogP contribution in [-0.4, -0.2) is 40.0 Å². The number of hydrogen-bond acceptors (Lipinski definition) is 3. The van der Waals surface area contributed by atoms with E-state index in [9.17, 15) is 4.79 Å². The molecule has 156 valence electrons. The molecule has 1 aliphatic heterocycles. The molecule has 0 radical (unpaired) electrons. The number of amides is 1. The van der Waals surface area contributed by atoms with Crippen molar-refractivity contribution in [2.45, 2.75) is 39.3 Å². The topological polar surface area (TPSA) is 50.2 Å². The molecule has 0 saturated carbocycles. The summed E-state index contributed by atoms with van der Waals surface area (Å²) in [5, 5.41) is 3.31. The molecule has 4 rings (SSSR count). The van der Waals surface area contributed by atoms with Crippen molar-refractivity contribution in [1.29, 1.82) is 0 Å². The molecule has 1 amide bonds. The molecule has 2 aromatic heterocycles. The first kappa shape index (κ1) is 20.4. The summed E-state index contributed by atoms with van der Waals surface area (Å²) in [6, 6.07) is 18.2. The number of hydrogen-bond donors (Lipinski definition) is 1. The van der Waals surface area contributed by atoms with Crippen molar-refractivity contribution in [3.63, 3.8) is 0 Å². The Hall–Kier alpha value is -2.92. The van der Waals surface area contributed by atoms with E-state index in [0.29, 0.717) is 6.54 Å². The zero-order valence-electron chi connectivity index (χ0n) is 17.8. The Morgan fingerprint density at radius 2 is 1.80 bits per heavy atom. The highest BCUT2D eigenvalue weighted by atomic mass is 16.1. The van der Waals surface area contributed by atoms with Crippen LogP contribution < -0.4 is 5.32 Å². The van der Waals surface area contributed by atoms with Crippen LogP contribution in [0.3, 0.4) is 0 Å². The van der Waals surface area contributed by atoms with Crippen molar-refractivity contribution in [3.8, 4) is 0 Å². The predicted molar refractivity (Wildman–Crippen MR) is 120 cm³/mol. The van der Waals surface area contributed by atoms with Crippen LogP contribution in [0, 0.1) is 13.8 Å². The first-order chi connectivity index (χ1) is 14.6. The summed E-state index contributed by atoms with van der Waals surface area (Å²) >= 11 is 0. The molecule has 1 atom stereocenters. The van der Waals surface area contributed by atoms with Gasteiger partial charge in [0, 0.05) is 24.1 Å². The van der Waals surface area contributed by atoms with E-state index in [4.69, 9.17) is 0 Å². The van der Waals surface area contributed by atoms with E-state index >= 15 is 0 Å². The number of pyridine rings is 1. The van der Waals surface area contributed by atoms with Crippen LogP contribution in [0.1, 0.15) is 51.9 Å². The lowest BCUT2D eigenvalue weighted by Crippen LogP contribution is -2.37. The molecule has 1 fully saturated rings. The number of benzene rings is 1. The van der Waals surface area contributed by atoms with Crippen molar-refractivity contribution >= 4 is 5.91 Å². The van der Waals surface area contributed by atoms with Gasteiger partial charge in [0.1, 0.15) is 0 Å². The quantitative estimate of drug-likeness (QED) is 0.647. The van der Waals surface area contributed by atoms with Crippen LogP contribution in [0.2, 0.25) is 0 Å². The Labute approximate surface area is 178 Å². The smallest absolute Gasteiger partial charge is 0.253 e. The van der Waals surface area contributed by atoms with E-state index in [1.165, 1.54) is 12.8 Å². The van der Waals surface area contributed by atoms with Gasteiger partial charge in [-0.05, 0) is 63.5 Å². The third-order valence-electron chi connectivity index (χ3n) is 6.01. The summed E-state index contributed by atoms with van der Waals surface area (Å²) in [7, 11) is 0. The number of aryl methyl sites for hydroxylation is 1. The maximum Gasteiger partial charge on any atom is 0.253 e. The third-order valence-corrected chi connectivity index (χ3v) is 6.01. The molecule has 3 heterocycles. The van der Waals surface area contributed by atoms with Gasteiger partial charge in [0.05, 0.1) is 23.8 Å². The molecule has 1 saturated heterocycles. The molecule has 3 aromatic rings. The fourth-order valence-electron chi connectivity index (χ4n) is 4.31. The van der Waals surface area contributed by atoms with Crippen LogP contribution >= 0.6 is 0 Å². The number of rotatable bonds is 7. The van der Waals surface area contributed by atoms with Gasteiger partial charge in [-0.1, -0.05) is 36.4 Å². The lowest BCUT2D eigenvalue weighted by Gasteiger charge is -2.25. The number of aromatic nitrogens is 2. The fourth-order valence-corrected chi connectivity index (χ4v) is 4.31. The van der Waals surface area contributed by atoms with Crippen molar-refractivity contribution in [3.05, 3.63) is 89.0 Å². The van der Waals surface area contributed by atoms with Crippen molar-refractivity contribution < 1.29 is 4.79 Å². The fraction of sp³-hybridized carbons (Fsp3) is 0.360. The second-order valence-electron chi connectivity index (χ2n) is 8.14. The molecule has 5 nitrogen and oxygen atoms in total. The summed E-state index contributed by atoms with van der Waals surface area (Å²) in [5.74, 6) is -0.0107. The first-order valence-electron chi connectivity index (χ1n) is 10.8. The third kappa shape index (κ3) is 4.62. The van der Waals surface area contributed by atoms with Crippen LogP contribution in [-0.2, 0) is 6.54 Å². The molecular formula is C25H30N4O. The van der Waals surface area contributed by atoms with Gasteiger partial charge >= 0.3 is 0 Å². The minimum absolute atomic E-state index is 0.0107. The Kier molecular flexibility index (Phi) is 6.29. The molecule has 1 unspecified atom stereocenters. The van der Waals surface area contributed by atoms with E-state index in [-0.39, 0.29) is 11.9 Å². The largest absolute Gasteiger partial charge is 0.344 e. The average molecular weight is 403 g/mol. The van der Waals surface area contributed by atoms with Crippen LogP contribution in [0.25, 0.3) is 0 Å². The van der Waals surface area contributed by atoms with E-state index in [1.54, 1.807) is 6.20 Å². The molecule has 30 heavy (non-hydrogen) atoms. The Balaban J connectivity index is 1.54. The number of likely N-dealkylation sites (tertiary alicyclic amines) is 1. The molecule has 0 bridgehead atoms. The minimum Gasteiger partial charge on any atom is -0.344 e. The molecule has 0 aliphatic carbocycles. The van der Waals surface area contributed by atoms with Gasteiger partial charge in [-0.15, -0.1) is 0 Å². The van der Waals surface area contributed by atoms with Crippen LogP contribution in [0.5, 0.6) is 0 Å². The summed E-state index contributed by atoms with van der Waals surface area (Å²) < 4.78 is 2.16. The van der Waals surface area contributed by atoms with E-state index in [2.05, 4.69) is 31.9 Å². The average Bonchev–Trinajstić information content (AvgIpc) is 3.38. The SMILES string of the molecule is Cc1cc(C(=O)NC(CN2CCCC2)c2ccccc2)c(C)n1Cc1ccccn1. The Bertz CT molecular complexity index is 975. The molecule has 1 aromatic carbocycles. The van der Waals surface area contributed by atoms with Crippen molar-refractivity contribution in [2.24, 2.45) is 0 Å². The van der Waals surface area contributed by atoms with Crippen LogP contribution in [0.15, 0.2) is 60.8 Å². The molecule has 0 spiro atoms.